The third-order valence-electron chi connectivity index (χ3n) is 4.34. The highest BCUT2D eigenvalue weighted by atomic mass is 19.3. The Morgan fingerprint density at radius 2 is 2.00 bits per heavy atom. The van der Waals surface area contributed by atoms with E-state index in [-0.39, 0.29) is 17.4 Å². The van der Waals surface area contributed by atoms with E-state index >= 15 is 0 Å². The topological polar surface area (TPSA) is 34.5 Å². The van der Waals surface area contributed by atoms with E-state index in [4.69, 9.17) is 4.74 Å². The zero-order chi connectivity index (χ0) is 15.5. The molecule has 0 N–H and O–H groups in total. The SMILES string of the molecule is Cn1c(=O)c2c(c3ccccc31)N(C1CC1)CC(F)(F)CO2. The van der Waals surface area contributed by atoms with Crippen molar-refractivity contribution in [3.8, 4) is 5.75 Å². The van der Waals surface area contributed by atoms with Gasteiger partial charge in [-0.25, -0.2) is 8.78 Å². The van der Waals surface area contributed by atoms with Gasteiger partial charge in [-0.2, -0.15) is 0 Å². The molecule has 1 aromatic heterocycles. The number of alkyl halides is 2. The van der Waals surface area contributed by atoms with Gasteiger partial charge in [0.05, 0.1) is 17.7 Å². The summed E-state index contributed by atoms with van der Waals surface area (Å²) >= 11 is 0. The van der Waals surface area contributed by atoms with Gasteiger partial charge in [0.2, 0.25) is 5.75 Å². The molecular weight excluding hydrogens is 290 g/mol. The fourth-order valence-electron chi connectivity index (χ4n) is 3.12. The summed E-state index contributed by atoms with van der Waals surface area (Å²) in [5, 5.41) is 0.782. The predicted octanol–water partition coefficient (Wildman–Crippen LogP) is 2.54. The largest absolute Gasteiger partial charge is 0.480 e. The minimum Gasteiger partial charge on any atom is -0.480 e. The van der Waals surface area contributed by atoms with E-state index in [1.165, 1.54) is 4.57 Å². The average Bonchev–Trinajstić information content (AvgIpc) is 3.32. The van der Waals surface area contributed by atoms with Crippen molar-refractivity contribution in [1.29, 1.82) is 0 Å². The van der Waals surface area contributed by atoms with Crippen molar-refractivity contribution < 1.29 is 13.5 Å². The molecular formula is C16H16F2N2O2. The van der Waals surface area contributed by atoms with Gasteiger partial charge in [-0.05, 0) is 18.9 Å². The first-order valence-electron chi connectivity index (χ1n) is 7.37. The summed E-state index contributed by atoms with van der Waals surface area (Å²) < 4.78 is 34.8. The highest BCUT2D eigenvalue weighted by Gasteiger charge is 2.43. The van der Waals surface area contributed by atoms with Crippen LogP contribution in [-0.4, -0.2) is 29.7 Å². The first-order chi connectivity index (χ1) is 10.5. The van der Waals surface area contributed by atoms with Gasteiger partial charge >= 0.3 is 0 Å². The Labute approximate surface area is 125 Å². The molecule has 2 heterocycles. The molecule has 0 bridgehead atoms. The average molecular weight is 306 g/mol. The number of aromatic nitrogens is 1. The quantitative estimate of drug-likeness (QED) is 0.812. The molecule has 1 aliphatic carbocycles. The van der Waals surface area contributed by atoms with Crippen molar-refractivity contribution in [2.45, 2.75) is 24.8 Å². The van der Waals surface area contributed by atoms with Crippen molar-refractivity contribution in [1.82, 2.24) is 4.57 Å². The van der Waals surface area contributed by atoms with Gasteiger partial charge in [0.1, 0.15) is 0 Å². The molecule has 4 rings (SSSR count). The number of nitrogens with zero attached hydrogens (tertiary/aromatic N) is 2. The summed E-state index contributed by atoms with van der Waals surface area (Å²) in [5.74, 6) is -2.92. The number of hydrogen-bond acceptors (Lipinski definition) is 3. The third-order valence-corrected chi connectivity index (χ3v) is 4.34. The van der Waals surface area contributed by atoms with Crippen LogP contribution in [0, 0.1) is 0 Å². The Morgan fingerprint density at radius 1 is 1.27 bits per heavy atom. The van der Waals surface area contributed by atoms with Crippen LogP contribution in [0.25, 0.3) is 10.9 Å². The van der Waals surface area contributed by atoms with E-state index in [0.29, 0.717) is 5.69 Å². The molecule has 2 aromatic rings. The van der Waals surface area contributed by atoms with Gasteiger partial charge in [0, 0.05) is 18.5 Å². The number of anilines is 1. The van der Waals surface area contributed by atoms with E-state index in [9.17, 15) is 13.6 Å². The van der Waals surface area contributed by atoms with Crippen LogP contribution in [-0.2, 0) is 7.05 Å². The summed E-state index contributed by atoms with van der Waals surface area (Å²) in [7, 11) is 1.64. The maximum atomic E-state index is 14.0. The minimum absolute atomic E-state index is 0.0466. The number of aryl methyl sites for hydroxylation is 1. The van der Waals surface area contributed by atoms with Gasteiger partial charge in [0.25, 0.3) is 11.5 Å². The van der Waals surface area contributed by atoms with Crippen molar-refractivity contribution >= 4 is 16.6 Å². The molecule has 22 heavy (non-hydrogen) atoms. The monoisotopic (exact) mass is 306 g/mol. The number of pyridine rings is 1. The van der Waals surface area contributed by atoms with Crippen molar-refractivity contribution in [2.24, 2.45) is 7.05 Å². The molecule has 1 saturated carbocycles. The van der Waals surface area contributed by atoms with E-state index < -0.39 is 19.1 Å². The fourth-order valence-corrected chi connectivity index (χ4v) is 3.12. The van der Waals surface area contributed by atoms with Crippen LogP contribution in [0.2, 0.25) is 0 Å². The normalized spacial score (nSPS) is 20.4. The minimum atomic E-state index is -2.96. The van der Waals surface area contributed by atoms with Gasteiger partial charge in [0.15, 0.2) is 6.61 Å². The third kappa shape index (κ3) is 1.97. The second-order valence-corrected chi connectivity index (χ2v) is 6.06. The molecule has 0 amide bonds. The Kier molecular flexibility index (Phi) is 2.74. The van der Waals surface area contributed by atoms with Crippen LogP contribution in [0.5, 0.6) is 5.75 Å². The van der Waals surface area contributed by atoms with E-state index in [0.717, 1.165) is 23.7 Å². The number of halogens is 2. The summed E-state index contributed by atoms with van der Waals surface area (Å²) in [6, 6.07) is 7.44. The lowest BCUT2D eigenvalue weighted by molar-refractivity contribution is -0.0295. The molecule has 0 radical (unpaired) electrons. The molecule has 116 valence electrons. The van der Waals surface area contributed by atoms with Crippen LogP contribution in [0.3, 0.4) is 0 Å². The zero-order valence-electron chi connectivity index (χ0n) is 12.2. The number of ether oxygens (including phenoxy) is 1. The molecule has 0 saturated heterocycles. The maximum absolute atomic E-state index is 14.0. The van der Waals surface area contributed by atoms with Crippen LogP contribution >= 0.6 is 0 Å². The Morgan fingerprint density at radius 3 is 2.73 bits per heavy atom. The number of rotatable bonds is 1. The van der Waals surface area contributed by atoms with Gasteiger partial charge in [-0.3, -0.25) is 4.79 Å². The van der Waals surface area contributed by atoms with Crippen LogP contribution < -0.4 is 15.2 Å². The summed E-state index contributed by atoms with van der Waals surface area (Å²) in [4.78, 5) is 14.2. The predicted molar refractivity (Wildman–Crippen MR) is 80.0 cm³/mol. The second-order valence-electron chi connectivity index (χ2n) is 6.06. The first kappa shape index (κ1) is 13.5. The standard InChI is InChI=1S/C16H16F2N2O2/c1-19-12-5-3-2-4-11(12)13-14(15(19)21)22-9-16(17,18)8-20(13)10-6-7-10/h2-5,10H,6-9H2,1H3. The Bertz CT molecular complexity index is 812. The fraction of sp³-hybridized carbons (Fsp3) is 0.438. The molecule has 1 aliphatic heterocycles. The van der Waals surface area contributed by atoms with Crippen molar-refractivity contribution in [3.63, 3.8) is 0 Å². The van der Waals surface area contributed by atoms with Crippen LogP contribution in [0.1, 0.15) is 12.8 Å². The maximum Gasteiger partial charge on any atom is 0.298 e. The summed E-state index contributed by atoms with van der Waals surface area (Å²) in [6.45, 7) is -1.15. The molecule has 4 nitrogen and oxygen atoms in total. The highest BCUT2D eigenvalue weighted by molar-refractivity contribution is 5.95. The smallest absolute Gasteiger partial charge is 0.298 e. The molecule has 0 atom stereocenters. The molecule has 0 unspecified atom stereocenters. The number of para-hydroxylation sites is 1. The van der Waals surface area contributed by atoms with Crippen molar-refractivity contribution in [3.05, 3.63) is 34.6 Å². The van der Waals surface area contributed by atoms with Crippen LogP contribution in [0.15, 0.2) is 29.1 Å². The molecule has 1 fully saturated rings. The van der Waals surface area contributed by atoms with E-state index in [2.05, 4.69) is 0 Å². The zero-order valence-corrected chi connectivity index (χ0v) is 12.2. The van der Waals surface area contributed by atoms with Gasteiger partial charge in [-0.1, -0.05) is 18.2 Å². The number of hydrogen-bond donors (Lipinski definition) is 0. The van der Waals surface area contributed by atoms with Gasteiger partial charge in [-0.15, -0.1) is 0 Å². The van der Waals surface area contributed by atoms with E-state index in [1.54, 1.807) is 11.9 Å². The molecule has 6 heteroatoms. The molecule has 1 aromatic carbocycles. The number of benzene rings is 1. The lowest BCUT2D eigenvalue weighted by Gasteiger charge is -2.27. The first-order valence-corrected chi connectivity index (χ1v) is 7.37. The van der Waals surface area contributed by atoms with Crippen molar-refractivity contribution in [2.75, 3.05) is 18.1 Å². The lowest BCUT2D eigenvalue weighted by atomic mass is 10.1. The summed E-state index contributed by atoms with van der Waals surface area (Å²) in [5.41, 5.74) is 0.890. The molecule has 2 aliphatic rings. The Balaban J connectivity index is 2.05. The highest BCUT2D eigenvalue weighted by Crippen LogP contribution is 2.43. The summed E-state index contributed by atoms with van der Waals surface area (Å²) in [6.07, 6.45) is 1.75. The molecule has 0 spiro atoms. The van der Waals surface area contributed by atoms with E-state index in [1.807, 2.05) is 24.3 Å². The Hall–Kier alpha value is -2.11. The number of fused-ring (bicyclic) bond motifs is 3. The lowest BCUT2D eigenvalue weighted by Crippen LogP contribution is -2.39. The van der Waals surface area contributed by atoms with Crippen LogP contribution in [0.4, 0.5) is 14.5 Å². The van der Waals surface area contributed by atoms with Gasteiger partial charge < -0.3 is 14.2 Å². The second kappa shape index (κ2) is 4.44.